The summed E-state index contributed by atoms with van der Waals surface area (Å²) in [6.45, 7) is -0.287. The Balaban J connectivity index is 1.19. The van der Waals surface area contributed by atoms with Crippen LogP contribution in [-0.2, 0) is 9.59 Å². The van der Waals surface area contributed by atoms with E-state index >= 15 is 0 Å². The fourth-order valence-corrected chi connectivity index (χ4v) is 4.37. The molecule has 0 atom stereocenters. The normalized spacial score (nSPS) is 23.0. The Morgan fingerprint density at radius 3 is 2.38 bits per heavy atom. The molecule has 3 aliphatic carbocycles. The Morgan fingerprint density at radius 2 is 1.76 bits per heavy atom. The molecule has 2 aromatic rings. The molecule has 3 aliphatic rings. The molecular weight excluding hydrogens is 482 g/mol. The molecule has 0 radical (unpaired) electrons. The van der Waals surface area contributed by atoms with Gasteiger partial charge in [-0.3, -0.25) is 14.6 Å². The van der Waals surface area contributed by atoms with Gasteiger partial charge in [0.25, 0.3) is 5.91 Å². The highest BCUT2D eigenvalue weighted by Crippen LogP contribution is 2.60. The standard InChI is InChI=1S/C22H18ClF4N3O4/c23-16-5-4-14(7-17(16)24)33-9-19(32)30-21-10-20(11-21,12-21)29-18(31)6-2-13-1-3-15(8-28-13)34-22(25,26)27/h1-8H,9-12H2,(H,29,31)(H,30,32)/b6-2+. The summed E-state index contributed by atoms with van der Waals surface area (Å²) in [6, 6.07) is 6.27. The van der Waals surface area contributed by atoms with E-state index in [2.05, 4.69) is 20.4 Å². The second kappa shape index (κ2) is 8.79. The Labute approximate surface area is 196 Å². The molecule has 1 heterocycles. The van der Waals surface area contributed by atoms with Crippen molar-refractivity contribution in [2.45, 2.75) is 36.7 Å². The lowest BCUT2D eigenvalue weighted by Crippen LogP contribution is -2.83. The van der Waals surface area contributed by atoms with Crippen LogP contribution in [0.1, 0.15) is 25.0 Å². The van der Waals surface area contributed by atoms with Gasteiger partial charge >= 0.3 is 6.36 Å². The molecule has 0 unspecified atom stereocenters. The van der Waals surface area contributed by atoms with Gasteiger partial charge in [0, 0.05) is 23.2 Å². The van der Waals surface area contributed by atoms with Gasteiger partial charge in [-0.1, -0.05) is 11.6 Å². The zero-order chi connectivity index (χ0) is 24.6. The van der Waals surface area contributed by atoms with Gasteiger partial charge in [0.15, 0.2) is 6.61 Å². The predicted molar refractivity (Wildman–Crippen MR) is 112 cm³/mol. The highest BCUT2D eigenvalue weighted by atomic mass is 35.5. The van der Waals surface area contributed by atoms with E-state index in [1.165, 1.54) is 30.4 Å². The molecule has 1 aromatic carbocycles. The molecule has 1 aromatic heterocycles. The number of nitrogens with one attached hydrogen (secondary N) is 2. The highest BCUT2D eigenvalue weighted by molar-refractivity contribution is 6.30. The quantitative estimate of drug-likeness (QED) is 0.426. The number of ether oxygens (including phenoxy) is 2. The predicted octanol–water partition coefficient (Wildman–Crippen LogP) is 3.77. The number of pyridine rings is 1. The third-order valence-corrected chi connectivity index (χ3v) is 5.79. The van der Waals surface area contributed by atoms with Gasteiger partial charge in [0.05, 0.1) is 16.9 Å². The second-order valence-electron chi connectivity index (χ2n) is 8.29. The lowest BCUT2D eigenvalue weighted by Gasteiger charge is -2.70. The minimum Gasteiger partial charge on any atom is -0.484 e. The minimum absolute atomic E-state index is 0.0439. The fourth-order valence-electron chi connectivity index (χ4n) is 4.25. The summed E-state index contributed by atoms with van der Waals surface area (Å²) in [6.07, 6.45) is 0.380. The van der Waals surface area contributed by atoms with Crippen molar-refractivity contribution in [1.82, 2.24) is 15.6 Å². The van der Waals surface area contributed by atoms with Crippen molar-refractivity contribution < 1.29 is 36.6 Å². The van der Waals surface area contributed by atoms with E-state index in [-0.39, 0.29) is 34.9 Å². The summed E-state index contributed by atoms with van der Waals surface area (Å²) in [5.74, 6) is -1.67. The molecule has 0 spiro atoms. The number of hydrogen-bond donors (Lipinski definition) is 2. The Bertz CT molecular complexity index is 1120. The number of carbonyl (C=O) groups excluding carboxylic acids is 2. The molecule has 2 N–H and O–H groups in total. The molecule has 2 bridgehead atoms. The number of alkyl halides is 3. The van der Waals surface area contributed by atoms with E-state index < -0.39 is 29.0 Å². The van der Waals surface area contributed by atoms with Gasteiger partial charge < -0.3 is 20.1 Å². The first-order chi connectivity index (χ1) is 15.9. The SMILES string of the molecule is O=C(/C=C/c1ccc(OC(F)(F)F)cn1)NC12CC(NC(=O)COc3ccc(Cl)c(F)c3)(C1)C2. The van der Waals surface area contributed by atoms with E-state index in [1.807, 2.05) is 0 Å². The van der Waals surface area contributed by atoms with Gasteiger partial charge in [-0.05, 0) is 49.6 Å². The van der Waals surface area contributed by atoms with Crippen LogP contribution in [0, 0.1) is 5.82 Å². The van der Waals surface area contributed by atoms with Crippen LogP contribution in [0.25, 0.3) is 6.08 Å². The van der Waals surface area contributed by atoms with Crippen LogP contribution < -0.4 is 20.1 Å². The maximum Gasteiger partial charge on any atom is 0.573 e. The number of benzene rings is 1. The summed E-state index contributed by atoms with van der Waals surface area (Å²) in [5.41, 5.74) is -0.530. The van der Waals surface area contributed by atoms with Gasteiger partial charge in [-0.2, -0.15) is 0 Å². The van der Waals surface area contributed by atoms with Crippen LogP contribution in [-0.4, -0.2) is 40.8 Å². The zero-order valence-corrected chi connectivity index (χ0v) is 18.2. The van der Waals surface area contributed by atoms with Crippen molar-refractivity contribution in [3.63, 3.8) is 0 Å². The van der Waals surface area contributed by atoms with Crippen molar-refractivity contribution in [3.05, 3.63) is 59.1 Å². The van der Waals surface area contributed by atoms with Crippen LogP contribution in [0.4, 0.5) is 17.6 Å². The molecule has 2 amide bonds. The van der Waals surface area contributed by atoms with Crippen LogP contribution in [0.3, 0.4) is 0 Å². The first-order valence-electron chi connectivity index (χ1n) is 10.1. The Kier molecular flexibility index (Phi) is 6.15. The number of rotatable bonds is 8. The summed E-state index contributed by atoms with van der Waals surface area (Å²) < 4.78 is 58.9. The number of nitrogens with zero attached hydrogens (tertiary/aromatic N) is 1. The highest BCUT2D eigenvalue weighted by Gasteiger charge is 2.69. The first kappa shape index (κ1) is 23.8. The third kappa shape index (κ3) is 5.58. The molecule has 7 nitrogen and oxygen atoms in total. The molecule has 34 heavy (non-hydrogen) atoms. The number of hydrogen-bond acceptors (Lipinski definition) is 5. The average molecular weight is 500 g/mol. The average Bonchev–Trinajstić information content (AvgIpc) is 2.70. The van der Waals surface area contributed by atoms with Gasteiger partial charge in [0.1, 0.15) is 17.3 Å². The van der Waals surface area contributed by atoms with Crippen molar-refractivity contribution in [2.75, 3.05) is 6.61 Å². The topological polar surface area (TPSA) is 89.5 Å². The van der Waals surface area contributed by atoms with Crippen molar-refractivity contribution in [1.29, 1.82) is 0 Å². The van der Waals surface area contributed by atoms with Crippen molar-refractivity contribution in [2.24, 2.45) is 0 Å². The molecule has 0 aliphatic heterocycles. The van der Waals surface area contributed by atoms with Crippen LogP contribution >= 0.6 is 11.6 Å². The third-order valence-electron chi connectivity index (χ3n) is 5.48. The molecule has 3 fully saturated rings. The molecule has 0 saturated heterocycles. The Morgan fingerprint density at radius 1 is 1.09 bits per heavy atom. The van der Waals surface area contributed by atoms with E-state index in [4.69, 9.17) is 16.3 Å². The number of halogens is 5. The number of carbonyl (C=O) groups is 2. The smallest absolute Gasteiger partial charge is 0.484 e. The molecule has 3 saturated carbocycles. The van der Waals surface area contributed by atoms with Crippen LogP contribution in [0.2, 0.25) is 5.02 Å². The number of amides is 2. The van der Waals surface area contributed by atoms with Crippen LogP contribution in [0.15, 0.2) is 42.6 Å². The van der Waals surface area contributed by atoms with Crippen molar-refractivity contribution >= 4 is 29.5 Å². The van der Waals surface area contributed by atoms with Gasteiger partial charge in [0.2, 0.25) is 5.91 Å². The maximum atomic E-state index is 13.4. The lowest BCUT2D eigenvalue weighted by atomic mass is 9.44. The summed E-state index contributed by atoms with van der Waals surface area (Å²) in [5, 5.41) is 5.71. The van der Waals surface area contributed by atoms with E-state index in [9.17, 15) is 27.2 Å². The van der Waals surface area contributed by atoms with E-state index in [0.717, 1.165) is 18.3 Å². The fraction of sp³-hybridized carbons (Fsp3) is 0.318. The second-order valence-corrected chi connectivity index (χ2v) is 8.70. The zero-order valence-electron chi connectivity index (χ0n) is 17.4. The van der Waals surface area contributed by atoms with Gasteiger partial charge in [-0.15, -0.1) is 13.2 Å². The number of aromatic nitrogens is 1. The monoisotopic (exact) mass is 499 g/mol. The molecular formula is C22H18ClF4N3O4. The molecule has 180 valence electrons. The molecule has 12 heteroatoms. The minimum atomic E-state index is -4.80. The van der Waals surface area contributed by atoms with E-state index in [0.29, 0.717) is 19.3 Å². The van der Waals surface area contributed by atoms with Gasteiger partial charge in [-0.25, -0.2) is 4.39 Å². The summed E-state index contributed by atoms with van der Waals surface area (Å²) in [7, 11) is 0. The van der Waals surface area contributed by atoms with E-state index in [1.54, 1.807) is 0 Å². The lowest BCUT2D eigenvalue weighted by molar-refractivity contribution is -0.274. The first-order valence-corrected chi connectivity index (χ1v) is 10.4. The molecule has 5 rings (SSSR count). The van der Waals surface area contributed by atoms with Crippen molar-refractivity contribution in [3.8, 4) is 11.5 Å². The Hall–Kier alpha value is -3.34. The van der Waals surface area contributed by atoms with Crippen LogP contribution in [0.5, 0.6) is 11.5 Å². The largest absolute Gasteiger partial charge is 0.573 e. The summed E-state index contributed by atoms with van der Waals surface area (Å²) in [4.78, 5) is 28.1. The maximum absolute atomic E-state index is 13.4. The summed E-state index contributed by atoms with van der Waals surface area (Å²) >= 11 is 5.60.